The highest BCUT2D eigenvalue weighted by molar-refractivity contribution is 6.02. The number of carbonyl (C=O) groups excluding carboxylic acids is 8. The van der Waals surface area contributed by atoms with Gasteiger partial charge in [0.1, 0.15) is 36.3 Å². The number of fused-ring (bicyclic) bond motifs is 1. The number of pyridine rings is 1. The zero-order valence-electron chi connectivity index (χ0n) is 46.7. The van der Waals surface area contributed by atoms with Gasteiger partial charge in [-0.1, -0.05) is 32.9 Å². The molecule has 0 unspecified atom stereocenters. The van der Waals surface area contributed by atoms with Gasteiger partial charge in [-0.3, -0.25) is 34.2 Å². The van der Waals surface area contributed by atoms with Crippen LogP contribution in [0.25, 0.3) is 11.0 Å². The van der Waals surface area contributed by atoms with Gasteiger partial charge >= 0.3 is 12.1 Å². The number of carbonyl (C=O) groups is 6. The Morgan fingerprint density at radius 3 is 2.25 bits per heavy atom. The van der Waals surface area contributed by atoms with Gasteiger partial charge in [0.15, 0.2) is 5.78 Å². The molecular formula is C56H77N9O16. The molecule has 4 aromatic rings. The van der Waals surface area contributed by atoms with E-state index in [0.717, 1.165) is 35.1 Å². The molecule has 0 aliphatic carbocycles. The first kappa shape index (κ1) is 64.8. The number of aryl methyl sites for hydroxylation is 1. The summed E-state index contributed by atoms with van der Waals surface area (Å²) >= 11 is 0. The van der Waals surface area contributed by atoms with E-state index in [2.05, 4.69) is 42.3 Å². The molecule has 4 amide bonds. The van der Waals surface area contributed by atoms with Crippen LogP contribution in [0.2, 0.25) is 0 Å². The van der Waals surface area contributed by atoms with Crippen molar-refractivity contribution < 1.29 is 77.4 Å². The number of amides is 4. The molecule has 4 heterocycles. The highest BCUT2D eigenvalue weighted by Gasteiger charge is 2.40. The molecule has 0 radical (unpaired) electrons. The minimum Gasteiger partial charge on any atom is -0.461 e. The Hall–Kier alpha value is -7.03. The van der Waals surface area contributed by atoms with E-state index in [4.69, 9.17) is 33.3 Å². The maximum Gasteiger partial charge on any atom is 0.373 e. The molecule has 2 saturated heterocycles. The van der Waals surface area contributed by atoms with Gasteiger partial charge in [-0.05, 0) is 73.8 Å². The third-order valence-electron chi connectivity index (χ3n) is 13.6. The normalized spacial score (nSPS) is 18.0. The monoisotopic (exact) mass is 1130 g/mol. The van der Waals surface area contributed by atoms with Crippen LogP contribution in [-0.4, -0.2) is 180 Å². The Balaban J connectivity index is 0.00000392. The van der Waals surface area contributed by atoms with Crippen molar-refractivity contribution in [1.29, 1.82) is 0 Å². The zero-order valence-corrected chi connectivity index (χ0v) is 46.7. The van der Waals surface area contributed by atoms with Crippen LogP contribution in [0.5, 0.6) is 5.75 Å². The van der Waals surface area contributed by atoms with E-state index in [-0.39, 0.29) is 74.4 Å². The predicted molar refractivity (Wildman–Crippen MR) is 293 cm³/mol. The van der Waals surface area contributed by atoms with Crippen LogP contribution in [0.4, 0.5) is 11.4 Å². The van der Waals surface area contributed by atoms with Crippen molar-refractivity contribution >= 4 is 63.9 Å². The number of hydrogen-bond donors (Lipinski definition) is 8. The number of ketones is 1. The molecule has 442 valence electrons. The molecule has 2 aliphatic heterocycles. The topological polar surface area (TPSA) is 328 Å². The third kappa shape index (κ3) is 20.5. The molecule has 25 heteroatoms. The fraction of sp³-hybridized carbons (Fsp3) is 0.536. The molecule has 2 aromatic heterocycles. The summed E-state index contributed by atoms with van der Waals surface area (Å²) in [5, 5.41) is 45.8. The summed E-state index contributed by atoms with van der Waals surface area (Å²) in [4.78, 5) is 101. The van der Waals surface area contributed by atoms with Crippen LogP contribution in [-0.2, 0) is 72.2 Å². The summed E-state index contributed by atoms with van der Waals surface area (Å²) in [6, 6.07) is 16.2. The number of nitrogens with zero attached hydrogens (tertiary/aromatic N) is 4. The fourth-order valence-corrected chi connectivity index (χ4v) is 8.98. The Kier molecular flexibility index (Phi) is 26.4. The zero-order chi connectivity index (χ0) is 59.0. The maximum absolute atomic E-state index is 14.0. The van der Waals surface area contributed by atoms with E-state index in [0.29, 0.717) is 58.0 Å². The predicted octanol–water partition coefficient (Wildman–Crippen LogP) is 1.92. The molecule has 6 atom stereocenters. The number of aliphatic hydroxyl groups excluding tert-OH is 3. The minimum atomic E-state index is -1.71. The number of anilines is 2. The number of aliphatic hydroxyl groups is 3. The van der Waals surface area contributed by atoms with Gasteiger partial charge in [0.2, 0.25) is 24.0 Å². The van der Waals surface area contributed by atoms with Crippen molar-refractivity contribution in [1.82, 2.24) is 35.5 Å². The standard InChI is InChI=1S/C55H77N9O14.CO2/c1-34(2)49(44(66)28-35(3)53(72)60-40-11-9-37(10-12-40)32-76-36(4)65)61-54(73)43-14-13-41(30-46(43)78-55-51(71)50(70)45(67)33-77-55)59-47(68)18-24-74-26-27-75-25-20-57-39-15-21-63(22-16-39)48(69)17-23-64-42(31-62(6)56-5)29-38-8-7-19-58-52(38)64;2-1-3/h7-14,19,29-30,34-35,39,45,49-51,55-57,67,70-71H,15-18,20-28,31-33H2,1-6H3,(H,59,68)(H,60,72)(H,61,73);/t35-,45-,49+,50+,51-,55+;/m1./s1. The van der Waals surface area contributed by atoms with E-state index in [1.54, 1.807) is 51.2 Å². The van der Waals surface area contributed by atoms with Crippen LogP contribution in [0.1, 0.15) is 81.4 Å². The van der Waals surface area contributed by atoms with Crippen molar-refractivity contribution in [2.24, 2.45) is 11.8 Å². The number of Topliss-reactive ketones (excluding diaryl/α,β-unsaturated/α-hetero) is 1. The number of benzene rings is 2. The summed E-state index contributed by atoms with van der Waals surface area (Å²) < 4.78 is 29.9. The van der Waals surface area contributed by atoms with Crippen LogP contribution in [0, 0.1) is 11.8 Å². The van der Waals surface area contributed by atoms with E-state index in [1.165, 1.54) is 25.1 Å². The maximum atomic E-state index is 14.0. The van der Waals surface area contributed by atoms with Crippen molar-refractivity contribution in [2.45, 2.75) is 116 Å². The number of aromatic nitrogens is 2. The molecule has 2 fully saturated rings. The summed E-state index contributed by atoms with van der Waals surface area (Å²) in [5.74, 6) is -3.64. The highest BCUT2D eigenvalue weighted by Crippen LogP contribution is 2.29. The van der Waals surface area contributed by atoms with Gasteiger partial charge in [-0.2, -0.15) is 9.59 Å². The molecule has 0 saturated carbocycles. The Bertz CT molecular complexity index is 2730. The molecule has 81 heavy (non-hydrogen) atoms. The average Bonchev–Trinajstić information content (AvgIpc) is 4.11. The van der Waals surface area contributed by atoms with E-state index < -0.39 is 72.0 Å². The molecule has 0 bridgehead atoms. The quantitative estimate of drug-likeness (QED) is 0.0219. The van der Waals surface area contributed by atoms with E-state index in [9.17, 15) is 44.1 Å². The largest absolute Gasteiger partial charge is 0.461 e. The third-order valence-corrected chi connectivity index (χ3v) is 13.6. The molecule has 0 spiro atoms. The summed E-state index contributed by atoms with van der Waals surface area (Å²) in [5.41, 5.74) is 6.41. The fourth-order valence-electron chi connectivity index (χ4n) is 8.98. The second-order valence-corrected chi connectivity index (χ2v) is 20.1. The average molecular weight is 1130 g/mol. The number of hydrazine groups is 1. The highest BCUT2D eigenvalue weighted by atomic mass is 16.7. The van der Waals surface area contributed by atoms with E-state index >= 15 is 0 Å². The Morgan fingerprint density at radius 1 is 0.877 bits per heavy atom. The summed E-state index contributed by atoms with van der Waals surface area (Å²) in [7, 11) is 3.84. The van der Waals surface area contributed by atoms with Gasteiger partial charge in [-0.15, -0.1) is 0 Å². The van der Waals surface area contributed by atoms with Gasteiger partial charge < -0.3 is 69.7 Å². The van der Waals surface area contributed by atoms with Crippen LogP contribution in [0.15, 0.2) is 66.9 Å². The van der Waals surface area contributed by atoms with Crippen LogP contribution >= 0.6 is 0 Å². The number of hydrogen-bond acceptors (Lipinski definition) is 20. The first-order chi connectivity index (χ1) is 38.8. The first-order valence-electron chi connectivity index (χ1n) is 26.9. The molecule has 2 aromatic carbocycles. The Morgan fingerprint density at radius 2 is 1.57 bits per heavy atom. The second kappa shape index (κ2) is 33.0. The second-order valence-electron chi connectivity index (χ2n) is 20.1. The van der Waals surface area contributed by atoms with Crippen molar-refractivity contribution in [3.8, 4) is 5.75 Å². The summed E-state index contributed by atoms with van der Waals surface area (Å²) in [6.45, 7) is 10.4. The van der Waals surface area contributed by atoms with Crippen LogP contribution in [0.3, 0.4) is 0 Å². The lowest BCUT2D eigenvalue weighted by atomic mass is 9.92. The number of esters is 1. The molecular weight excluding hydrogens is 1050 g/mol. The van der Waals surface area contributed by atoms with Gasteiger partial charge in [0, 0.05) is 99.7 Å². The molecule has 6 rings (SSSR count). The number of likely N-dealkylation sites (tertiary alicyclic amines) is 1. The van der Waals surface area contributed by atoms with Crippen molar-refractivity contribution in [2.75, 3.05) is 77.4 Å². The minimum absolute atomic E-state index is 0.0238. The molecule has 8 N–H and O–H groups in total. The molecule has 2 aliphatic rings. The first-order valence-corrected chi connectivity index (χ1v) is 26.9. The van der Waals surface area contributed by atoms with Gasteiger partial charge in [0.25, 0.3) is 5.91 Å². The Labute approximate surface area is 470 Å². The van der Waals surface area contributed by atoms with Crippen LogP contribution < -0.4 is 31.4 Å². The lowest BCUT2D eigenvalue weighted by molar-refractivity contribution is -0.242. The van der Waals surface area contributed by atoms with E-state index in [1.807, 2.05) is 36.1 Å². The smallest absolute Gasteiger partial charge is 0.373 e. The number of nitrogens with one attached hydrogen (secondary N) is 5. The molecule has 25 nitrogen and oxygen atoms in total. The lowest BCUT2D eigenvalue weighted by Crippen LogP contribution is -2.55. The SMILES string of the molecule is CNN(C)Cc1cc2cccnc2n1CCC(=O)N1CCC(NCCOCCOCCC(=O)Nc2ccc(C(=O)N[C@H](C(=O)C[C@@H](C)C(=O)Nc3ccc(COC(C)=O)cc3)C(C)C)c(O[C@@H]3OC[C@@H](O)[C@H](O)[C@H]3O)c2)CC1.O=C=O. The lowest BCUT2D eigenvalue weighted by Gasteiger charge is -2.35. The number of ether oxygens (including phenoxy) is 5. The van der Waals surface area contributed by atoms with Gasteiger partial charge in [0.05, 0.1) is 57.6 Å². The number of piperidine rings is 1. The van der Waals surface area contributed by atoms with Crippen molar-refractivity contribution in [3.05, 3.63) is 83.7 Å². The van der Waals surface area contributed by atoms with Crippen molar-refractivity contribution in [3.63, 3.8) is 0 Å². The number of rotatable bonds is 29. The van der Waals surface area contributed by atoms with Gasteiger partial charge in [-0.25, -0.2) is 9.99 Å². The summed E-state index contributed by atoms with van der Waals surface area (Å²) in [6.07, 6.45) is -2.36.